The molecule has 2 fully saturated rings. The van der Waals surface area contributed by atoms with Crippen molar-refractivity contribution in [3.8, 4) is 5.69 Å². The molecule has 1 aliphatic heterocycles. The van der Waals surface area contributed by atoms with Gasteiger partial charge in [-0.05, 0) is 63.9 Å². The number of benzene rings is 1. The molecule has 0 spiro atoms. The molecule has 7 N–H and O–H groups in total. The van der Waals surface area contributed by atoms with Crippen LogP contribution in [0.15, 0.2) is 41.3 Å². The van der Waals surface area contributed by atoms with Gasteiger partial charge in [0.1, 0.15) is 5.82 Å². The minimum Gasteiger partial charge on any atom is -0.338 e. The zero-order valence-electron chi connectivity index (χ0n) is 23.0. The van der Waals surface area contributed by atoms with Crippen LogP contribution in [0.25, 0.3) is 5.69 Å². The van der Waals surface area contributed by atoms with Crippen molar-refractivity contribution in [2.24, 2.45) is 17.2 Å². The van der Waals surface area contributed by atoms with Gasteiger partial charge in [-0.1, -0.05) is 12.1 Å². The summed E-state index contributed by atoms with van der Waals surface area (Å²) in [5, 5.41) is 2.68. The van der Waals surface area contributed by atoms with E-state index in [4.69, 9.17) is 17.2 Å². The molecule has 1 saturated heterocycles. The molecular weight excluding hydrogens is 498 g/mol. The molecule has 0 radical (unpaired) electrons. The number of rotatable bonds is 6. The average Bonchev–Trinajstić information content (AvgIpc) is 2.88. The Balaban J connectivity index is 1.32. The highest BCUT2D eigenvalue weighted by Gasteiger charge is 2.31. The van der Waals surface area contributed by atoms with Crippen LogP contribution >= 0.6 is 0 Å². The van der Waals surface area contributed by atoms with Gasteiger partial charge >= 0.3 is 11.7 Å². The predicted molar refractivity (Wildman–Crippen MR) is 150 cm³/mol. The van der Waals surface area contributed by atoms with Gasteiger partial charge in [0.2, 0.25) is 5.91 Å². The molecule has 3 atom stereocenters. The van der Waals surface area contributed by atoms with Crippen LogP contribution in [0.2, 0.25) is 0 Å². The maximum absolute atomic E-state index is 12.7. The van der Waals surface area contributed by atoms with Crippen molar-refractivity contribution in [3.63, 3.8) is 0 Å². The van der Waals surface area contributed by atoms with Crippen molar-refractivity contribution in [2.75, 3.05) is 38.5 Å². The maximum atomic E-state index is 12.7. The molecule has 212 valence electrons. The highest BCUT2D eigenvalue weighted by molar-refractivity contribution is 5.89. The Bertz CT molecular complexity index is 1210. The van der Waals surface area contributed by atoms with Crippen LogP contribution in [0.1, 0.15) is 38.7 Å². The Labute approximate surface area is 229 Å². The average molecular weight is 540 g/mol. The molecule has 2 unspecified atom stereocenters. The van der Waals surface area contributed by atoms with Crippen LogP contribution in [0.5, 0.6) is 0 Å². The summed E-state index contributed by atoms with van der Waals surface area (Å²) in [6.07, 6.45) is 4.34. The van der Waals surface area contributed by atoms with Crippen LogP contribution in [0.4, 0.5) is 10.6 Å². The topological polar surface area (TPSA) is 169 Å². The molecule has 1 saturated carbocycles. The first-order valence-corrected chi connectivity index (χ1v) is 13.5. The second kappa shape index (κ2) is 11.8. The molecule has 3 amide bonds. The molecule has 1 aromatic heterocycles. The minimum atomic E-state index is -0.951. The summed E-state index contributed by atoms with van der Waals surface area (Å²) in [5.74, 6) is 0.0246. The van der Waals surface area contributed by atoms with Crippen LogP contribution in [-0.2, 0) is 11.3 Å². The third-order valence-electron chi connectivity index (χ3n) is 7.47. The fraction of sp³-hybridized carbons (Fsp3) is 0.556. The molecule has 12 nitrogen and oxygen atoms in total. The molecule has 39 heavy (non-hydrogen) atoms. The summed E-state index contributed by atoms with van der Waals surface area (Å²) in [4.78, 5) is 47.4. The third-order valence-corrected chi connectivity index (χ3v) is 7.47. The lowest BCUT2D eigenvalue weighted by atomic mass is 9.87. The standard InChI is InChI=1S/C27H41N9O3/c1-27(2,30)24(37)34-10-12-35(13-11-34)25(38)31-23-8-9-36(26(39)32-23)21-6-4-18(5-7-21)17-33(3)22-15-19(28)14-20(29)16-22/h4-9,19-20,22H,10-17,28-30H2,1-3H3,(H,31,32,38,39)/t19-,20?,22?/m0/s1. The number of carbonyl (C=O) groups excluding carboxylic acids is 2. The van der Waals surface area contributed by atoms with E-state index in [0.717, 1.165) is 31.4 Å². The summed E-state index contributed by atoms with van der Waals surface area (Å²) in [7, 11) is 2.09. The second-order valence-electron chi connectivity index (χ2n) is 11.4. The first kappa shape index (κ1) is 28.7. The van der Waals surface area contributed by atoms with Gasteiger partial charge in [0.25, 0.3) is 0 Å². The molecule has 2 aromatic rings. The van der Waals surface area contributed by atoms with Gasteiger partial charge in [-0.3, -0.25) is 19.6 Å². The van der Waals surface area contributed by atoms with Gasteiger partial charge in [-0.25, -0.2) is 9.59 Å². The van der Waals surface area contributed by atoms with Crippen LogP contribution in [0, 0.1) is 0 Å². The minimum absolute atomic E-state index is 0.139. The van der Waals surface area contributed by atoms with E-state index in [1.54, 1.807) is 35.9 Å². The number of carbonyl (C=O) groups is 2. The number of nitrogens with zero attached hydrogens (tertiary/aromatic N) is 5. The van der Waals surface area contributed by atoms with Crippen LogP contribution < -0.4 is 28.2 Å². The van der Waals surface area contributed by atoms with E-state index in [1.807, 2.05) is 24.3 Å². The normalized spacial score (nSPS) is 22.2. The van der Waals surface area contributed by atoms with E-state index in [-0.39, 0.29) is 29.8 Å². The fourth-order valence-corrected chi connectivity index (χ4v) is 5.29. The van der Waals surface area contributed by atoms with Crippen molar-refractivity contribution < 1.29 is 9.59 Å². The molecule has 1 aliphatic carbocycles. The van der Waals surface area contributed by atoms with Crippen molar-refractivity contribution in [3.05, 3.63) is 52.6 Å². The van der Waals surface area contributed by atoms with E-state index in [9.17, 15) is 14.4 Å². The summed E-state index contributed by atoms with van der Waals surface area (Å²) in [6.45, 7) is 5.62. The lowest BCUT2D eigenvalue weighted by Crippen LogP contribution is -2.58. The van der Waals surface area contributed by atoms with E-state index >= 15 is 0 Å². The van der Waals surface area contributed by atoms with E-state index in [2.05, 4.69) is 22.2 Å². The Morgan fingerprint density at radius 1 is 1.00 bits per heavy atom. The zero-order valence-corrected chi connectivity index (χ0v) is 23.0. The molecular formula is C27H41N9O3. The summed E-state index contributed by atoms with van der Waals surface area (Å²) < 4.78 is 1.43. The number of aromatic nitrogens is 2. The highest BCUT2D eigenvalue weighted by Crippen LogP contribution is 2.22. The van der Waals surface area contributed by atoms with Gasteiger partial charge < -0.3 is 27.0 Å². The number of piperazine rings is 1. The van der Waals surface area contributed by atoms with Gasteiger partial charge in [0, 0.05) is 57.0 Å². The SMILES string of the molecule is CN(Cc1ccc(-n2ccc(NC(=O)N3CCN(C(=O)C(C)(C)N)CC3)nc2=O)cc1)C1CC(N)C[C@H](N)C1. The smallest absolute Gasteiger partial charge is 0.338 e. The highest BCUT2D eigenvalue weighted by atomic mass is 16.2. The number of hydrogen-bond donors (Lipinski definition) is 4. The lowest BCUT2D eigenvalue weighted by Gasteiger charge is -2.37. The molecule has 12 heteroatoms. The summed E-state index contributed by atoms with van der Waals surface area (Å²) in [6, 6.07) is 9.60. The zero-order chi connectivity index (χ0) is 28.3. The molecule has 2 aliphatic rings. The first-order valence-electron chi connectivity index (χ1n) is 13.5. The van der Waals surface area contributed by atoms with Gasteiger partial charge in [0.15, 0.2) is 0 Å². The monoisotopic (exact) mass is 539 g/mol. The van der Waals surface area contributed by atoms with Gasteiger partial charge in [-0.15, -0.1) is 0 Å². The lowest BCUT2D eigenvalue weighted by molar-refractivity contribution is -0.137. The third kappa shape index (κ3) is 7.21. The fourth-order valence-electron chi connectivity index (χ4n) is 5.29. The summed E-state index contributed by atoms with van der Waals surface area (Å²) in [5.41, 5.74) is 18.6. The van der Waals surface area contributed by atoms with E-state index < -0.39 is 11.2 Å². The summed E-state index contributed by atoms with van der Waals surface area (Å²) >= 11 is 0. The predicted octanol–water partition coefficient (Wildman–Crippen LogP) is 0.285. The van der Waals surface area contributed by atoms with Crippen LogP contribution in [-0.4, -0.2) is 93.1 Å². The van der Waals surface area contributed by atoms with E-state index in [0.29, 0.717) is 37.9 Å². The Hall–Kier alpha value is -3.32. The van der Waals surface area contributed by atoms with Crippen molar-refractivity contribution in [1.29, 1.82) is 0 Å². The number of hydrogen-bond acceptors (Lipinski definition) is 8. The maximum Gasteiger partial charge on any atom is 0.354 e. The molecule has 1 aromatic carbocycles. The number of nitrogens with two attached hydrogens (primary N) is 3. The molecule has 4 rings (SSSR count). The number of anilines is 1. The van der Waals surface area contributed by atoms with Crippen molar-refractivity contribution in [1.82, 2.24) is 24.3 Å². The molecule has 0 bridgehead atoms. The van der Waals surface area contributed by atoms with Crippen molar-refractivity contribution in [2.45, 2.75) is 63.3 Å². The van der Waals surface area contributed by atoms with E-state index in [1.165, 1.54) is 4.57 Å². The first-order chi connectivity index (χ1) is 18.4. The number of nitrogens with one attached hydrogen (secondary N) is 1. The largest absolute Gasteiger partial charge is 0.354 e. The van der Waals surface area contributed by atoms with Gasteiger partial charge in [0.05, 0.1) is 11.2 Å². The Morgan fingerprint density at radius 2 is 1.59 bits per heavy atom. The van der Waals surface area contributed by atoms with Gasteiger partial charge in [-0.2, -0.15) is 4.98 Å². The Kier molecular flexibility index (Phi) is 8.70. The number of amides is 3. The van der Waals surface area contributed by atoms with Crippen LogP contribution in [0.3, 0.4) is 0 Å². The second-order valence-corrected chi connectivity index (χ2v) is 11.4. The number of urea groups is 1. The van der Waals surface area contributed by atoms with Crippen molar-refractivity contribution >= 4 is 17.8 Å². The Morgan fingerprint density at radius 3 is 2.15 bits per heavy atom. The molecule has 2 heterocycles. The quantitative estimate of drug-likeness (QED) is 0.406.